The molecular formula is C9H15Cl3O. The van der Waals surface area contributed by atoms with Gasteiger partial charge in [0.25, 0.3) is 0 Å². The van der Waals surface area contributed by atoms with E-state index in [-0.39, 0.29) is 16.3 Å². The lowest BCUT2D eigenvalue weighted by Crippen LogP contribution is -2.13. The lowest BCUT2D eigenvalue weighted by Gasteiger charge is -2.05. The molecule has 78 valence electrons. The maximum atomic E-state index is 10.8. The standard InChI is InChI=1S/C7H14O.C2HCl3/c1-5(2)7(8)6(3)4;3-1-2(4)5/h5-6H,1-4H3;1H. The average Bonchev–Trinajstić information content (AvgIpc) is 2.03. The second-order valence-electron chi connectivity index (χ2n) is 3.11. The van der Waals surface area contributed by atoms with E-state index >= 15 is 0 Å². The van der Waals surface area contributed by atoms with E-state index in [1.54, 1.807) is 0 Å². The normalized spacial score (nSPS) is 9.31. The first-order valence-corrected chi connectivity index (χ1v) is 5.17. The fraction of sp³-hybridized carbons (Fsp3) is 0.667. The molecule has 4 heteroatoms. The number of rotatable bonds is 2. The predicted octanol–water partition coefficient (Wildman–Crippen LogP) is 4.37. The Kier molecular flexibility index (Phi) is 10.7. The molecule has 0 amide bonds. The molecule has 0 saturated heterocycles. The van der Waals surface area contributed by atoms with Gasteiger partial charge in [0.05, 0.1) is 0 Å². The predicted molar refractivity (Wildman–Crippen MR) is 60.3 cm³/mol. The van der Waals surface area contributed by atoms with E-state index in [2.05, 4.69) is 0 Å². The number of ketones is 1. The third kappa shape index (κ3) is 12.3. The van der Waals surface area contributed by atoms with E-state index in [1.807, 2.05) is 27.7 Å². The summed E-state index contributed by atoms with van der Waals surface area (Å²) in [5.74, 6) is 0.759. The molecule has 0 spiro atoms. The van der Waals surface area contributed by atoms with Crippen LogP contribution in [0.3, 0.4) is 0 Å². The van der Waals surface area contributed by atoms with Crippen LogP contribution in [0, 0.1) is 11.8 Å². The molecule has 0 bridgehead atoms. The van der Waals surface area contributed by atoms with Gasteiger partial charge in [0, 0.05) is 17.4 Å². The van der Waals surface area contributed by atoms with Crippen molar-refractivity contribution in [3.63, 3.8) is 0 Å². The summed E-state index contributed by atoms with van der Waals surface area (Å²) in [6, 6.07) is 0. The highest BCUT2D eigenvalue weighted by Gasteiger charge is 2.09. The fourth-order valence-electron chi connectivity index (χ4n) is 0.667. The monoisotopic (exact) mass is 244 g/mol. The molecule has 0 unspecified atom stereocenters. The third-order valence-electron chi connectivity index (χ3n) is 1.22. The molecule has 0 aliphatic rings. The topological polar surface area (TPSA) is 17.1 Å². The van der Waals surface area contributed by atoms with Crippen LogP contribution in [0.5, 0.6) is 0 Å². The zero-order chi connectivity index (χ0) is 11.0. The highest BCUT2D eigenvalue weighted by molar-refractivity contribution is 6.58. The van der Waals surface area contributed by atoms with Gasteiger partial charge >= 0.3 is 0 Å². The van der Waals surface area contributed by atoms with E-state index in [4.69, 9.17) is 34.8 Å². The van der Waals surface area contributed by atoms with E-state index in [0.717, 1.165) is 5.54 Å². The highest BCUT2D eigenvalue weighted by atomic mass is 35.5. The Morgan fingerprint density at radius 3 is 1.31 bits per heavy atom. The van der Waals surface area contributed by atoms with Gasteiger partial charge in [-0.25, -0.2) is 0 Å². The van der Waals surface area contributed by atoms with Gasteiger partial charge in [0.15, 0.2) is 0 Å². The van der Waals surface area contributed by atoms with Crippen LogP contribution in [0.2, 0.25) is 0 Å². The maximum absolute atomic E-state index is 10.8. The molecule has 1 nitrogen and oxygen atoms in total. The first-order valence-electron chi connectivity index (χ1n) is 3.98. The molecule has 13 heavy (non-hydrogen) atoms. The Hall–Kier alpha value is 0.280. The van der Waals surface area contributed by atoms with Gasteiger partial charge in [-0.2, -0.15) is 0 Å². The summed E-state index contributed by atoms with van der Waals surface area (Å²) in [7, 11) is 0. The molecule has 0 aliphatic heterocycles. The molecular weight excluding hydrogens is 230 g/mol. The fourth-order valence-corrected chi connectivity index (χ4v) is 0.667. The van der Waals surface area contributed by atoms with Gasteiger partial charge in [0.1, 0.15) is 10.3 Å². The van der Waals surface area contributed by atoms with Gasteiger partial charge < -0.3 is 0 Å². The molecule has 0 aromatic rings. The molecule has 0 aromatic carbocycles. The van der Waals surface area contributed by atoms with E-state index in [1.165, 1.54) is 0 Å². The van der Waals surface area contributed by atoms with Crippen molar-refractivity contribution in [2.24, 2.45) is 11.8 Å². The Balaban J connectivity index is 0. The van der Waals surface area contributed by atoms with Crippen molar-refractivity contribution >= 4 is 40.6 Å². The van der Waals surface area contributed by atoms with E-state index in [0.29, 0.717) is 5.78 Å². The summed E-state index contributed by atoms with van der Waals surface area (Å²) in [5, 5.41) is 0. The lowest BCUT2D eigenvalue weighted by molar-refractivity contribution is -0.124. The van der Waals surface area contributed by atoms with Crippen molar-refractivity contribution in [2.75, 3.05) is 0 Å². The van der Waals surface area contributed by atoms with Crippen LogP contribution in [-0.2, 0) is 4.79 Å². The van der Waals surface area contributed by atoms with E-state index in [9.17, 15) is 4.79 Å². The van der Waals surface area contributed by atoms with Crippen LogP contribution in [0.4, 0.5) is 0 Å². The number of Topliss-reactive ketones (excluding diaryl/α,β-unsaturated/α-hetero) is 1. The average molecular weight is 246 g/mol. The minimum Gasteiger partial charge on any atom is -0.299 e. The molecule has 0 N–H and O–H groups in total. The van der Waals surface area contributed by atoms with Gasteiger partial charge in [0.2, 0.25) is 0 Å². The third-order valence-corrected chi connectivity index (χ3v) is 1.88. The van der Waals surface area contributed by atoms with Crippen molar-refractivity contribution in [2.45, 2.75) is 27.7 Å². The summed E-state index contributed by atoms with van der Waals surface area (Å²) in [4.78, 5) is 10.8. The Labute approximate surface area is 95.0 Å². The largest absolute Gasteiger partial charge is 0.299 e. The summed E-state index contributed by atoms with van der Waals surface area (Å²) in [5.41, 5.74) is 1.09. The molecule has 0 aromatic heterocycles. The number of carbonyl (C=O) groups is 1. The Morgan fingerprint density at radius 2 is 1.31 bits per heavy atom. The number of halogens is 3. The molecule has 0 heterocycles. The summed E-state index contributed by atoms with van der Waals surface area (Å²) >= 11 is 14.8. The lowest BCUT2D eigenvalue weighted by atomic mass is 9.99. The van der Waals surface area contributed by atoms with Crippen LogP contribution in [-0.4, -0.2) is 5.78 Å². The minimum absolute atomic E-state index is 0.0895. The second kappa shape index (κ2) is 8.86. The number of hydrogen-bond acceptors (Lipinski definition) is 1. The SMILES string of the molecule is CC(C)C(=O)C(C)C.ClC=C(Cl)Cl. The van der Waals surface area contributed by atoms with Crippen LogP contribution in [0.25, 0.3) is 0 Å². The van der Waals surface area contributed by atoms with Gasteiger partial charge in [-0.1, -0.05) is 62.5 Å². The number of carbonyl (C=O) groups excluding carboxylic acids is 1. The quantitative estimate of drug-likeness (QED) is 0.706. The Bertz CT molecular complexity index is 160. The molecule has 0 saturated carbocycles. The maximum Gasteiger partial charge on any atom is 0.137 e. The first-order chi connectivity index (χ1) is 5.82. The molecule has 0 aliphatic carbocycles. The second-order valence-corrected chi connectivity index (χ2v) is 4.34. The Morgan fingerprint density at radius 1 is 1.08 bits per heavy atom. The van der Waals surface area contributed by atoms with Crippen molar-refractivity contribution < 1.29 is 4.79 Å². The molecule has 0 radical (unpaired) electrons. The molecule has 0 fully saturated rings. The molecule has 0 atom stereocenters. The van der Waals surface area contributed by atoms with Gasteiger partial charge in [-0.05, 0) is 0 Å². The van der Waals surface area contributed by atoms with Crippen LogP contribution in [0.15, 0.2) is 10.0 Å². The summed E-state index contributed by atoms with van der Waals surface area (Å²) in [6.45, 7) is 7.73. The van der Waals surface area contributed by atoms with Crippen molar-refractivity contribution in [1.82, 2.24) is 0 Å². The molecule has 0 rings (SSSR count). The van der Waals surface area contributed by atoms with E-state index < -0.39 is 0 Å². The van der Waals surface area contributed by atoms with Crippen molar-refractivity contribution in [3.8, 4) is 0 Å². The highest BCUT2D eigenvalue weighted by Crippen LogP contribution is 2.06. The van der Waals surface area contributed by atoms with Crippen LogP contribution >= 0.6 is 34.8 Å². The van der Waals surface area contributed by atoms with Crippen LogP contribution in [0.1, 0.15) is 27.7 Å². The van der Waals surface area contributed by atoms with Gasteiger partial charge in [-0.15, -0.1) is 0 Å². The van der Waals surface area contributed by atoms with Crippen LogP contribution < -0.4 is 0 Å². The zero-order valence-electron chi connectivity index (χ0n) is 8.27. The van der Waals surface area contributed by atoms with Crippen molar-refractivity contribution in [1.29, 1.82) is 0 Å². The number of hydrogen-bond donors (Lipinski definition) is 0. The zero-order valence-corrected chi connectivity index (χ0v) is 10.5. The summed E-state index contributed by atoms with van der Waals surface area (Å²) < 4.78 is 0.0895. The van der Waals surface area contributed by atoms with Gasteiger partial charge in [-0.3, -0.25) is 4.79 Å². The first kappa shape index (κ1) is 15.7. The summed E-state index contributed by atoms with van der Waals surface area (Å²) in [6.07, 6.45) is 0. The van der Waals surface area contributed by atoms with Crippen molar-refractivity contribution in [3.05, 3.63) is 10.0 Å². The smallest absolute Gasteiger partial charge is 0.137 e. The minimum atomic E-state index is 0.0895.